The highest BCUT2D eigenvalue weighted by Crippen LogP contribution is 2.51. The zero-order valence-corrected chi connectivity index (χ0v) is 22.3. The smallest absolute Gasteiger partial charge is 0.331 e. The number of nitrogens with one attached hydrogen (secondary N) is 1. The minimum Gasteiger partial charge on any atom is -0.458 e. The summed E-state index contributed by atoms with van der Waals surface area (Å²) in [6, 6.07) is -0.126. The van der Waals surface area contributed by atoms with Crippen LogP contribution in [0.3, 0.4) is 0 Å². The molecule has 8 nitrogen and oxygen atoms in total. The van der Waals surface area contributed by atoms with Crippen molar-refractivity contribution < 1.29 is 33.4 Å². The molecular weight excluding hydrogens is 462 g/mol. The SMILES string of the molecule is CC(=O)O[C@H]1CC/C(C)=C/[C@H]2C=C(C)[C@H](C)[C@H]3[C@H](CC(C)C)NC(=O)[C@]32OC(=O)/C=C/[C@H]1OC(C)=O. The molecule has 3 aliphatic rings. The lowest BCUT2D eigenvalue weighted by Gasteiger charge is -2.45. The third kappa shape index (κ3) is 5.73. The zero-order valence-electron chi connectivity index (χ0n) is 22.3. The summed E-state index contributed by atoms with van der Waals surface area (Å²) >= 11 is 0. The molecule has 1 fully saturated rings. The summed E-state index contributed by atoms with van der Waals surface area (Å²) in [5.74, 6) is -2.36. The second kappa shape index (κ2) is 11.0. The number of allylic oxidation sites excluding steroid dienone is 2. The average molecular weight is 502 g/mol. The maximum absolute atomic E-state index is 13.7. The predicted molar refractivity (Wildman–Crippen MR) is 133 cm³/mol. The fourth-order valence-corrected chi connectivity index (χ4v) is 5.89. The lowest BCUT2D eigenvalue weighted by atomic mass is 9.63. The van der Waals surface area contributed by atoms with E-state index in [2.05, 4.69) is 33.0 Å². The van der Waals surface area contributed by atoms with Crippen LogP contribution in [-0.2, 0) is 33.4 Å². The van der Waals surface area contributed by atoms with E-state index in [1.807, 2.05) is 19.1 Å². The van der Waals surface area contributed by atoms with Gasteiger partial charge in [0.2, 0.25) is 5.60 Å². The van der Waals surface area contributed by atoms with Gasteiger partial charge in [-0.25, -0.2) is 4.79 Å². The normalized spacial score (nSPS) is 37.0. The Labute approximate surface area is 213 Å². The first kappa shape index (κ1) is 27.7. The lowest BCUT2D eigenvalue weighted by molar-refractivity contribution is -0.172. The van der Waals surface area contributed by atoms with Crippen LogP contribution in [0.4, 0.5) is 0 Å². The Morgan fingerprint density at radius 1 is 1.14 bits per heavy atom. The van der Waals surface area contributed by atoms with Crippen LogP contribution in [0.1, 0.15) is 67.7 Å². The first-order valence-electron chi connectivity index (χ1n) is 12.8. The minimum atomic E-state index is -1.38. The average Bonchev–Trinajstić information content (AvgIpc) is 3.02. The van der Waals surface area contributed by atoms with Crippen molar-refractivity contribution in [3.63, 3.8) is 0 Å². The summed E-state index contributed by atoms with van der Waals surface area (Å²) in [5, 5.41) is 3.15. The third-order valence-electron chi connectivity index (χ3n) is 7.48. The Balaban J connectivity index is 2.10. The molecule has 2 heterocycles. The summed E-state index contributed by atoms with van der Waals surface area (Å²) in [6.07, 6.45) is 6.53. The number of esters is 3. The van der Waals surface area contributed by atoms with Gasteiger partial charge in [0.05, 0.1) is 0 Å². The van der Waals surface area contributed by atoms with Crippen molar-refractivity contribution in [2.75, 3.05) is 0 Å². The Bertz CT molecular complexity index is 994. The van der Waals surface area contributed by atoms with Crippen LogP contribution in [0.2, 0.25) is 0 Å². The zero-order chi connectivity index (χ0) is 26.8. The predicted octanol–water partition coefficient (Wildman–Crippen LogP) is 3.80. The quantitative estimate of drug-likeness (QED) is 0.355. The van der Waals surface area contributed by atoms with Gasteiger partial charge in [-0.2, -0.15) is 0 Å². The van der Waals surface area contributed by atoms with Gasteiger partial charge in [-0.15, -0.1) is 0 Å². The first-order chi connectivity index (χ1) is 16.8. The van der Waals surface area contributed by atoms with Crippen LogP contribution in [0.15, 0.2) is 35.5 Å². The summed E-state index contributed by atoms with van der Waals surface area (Å²) in [7, 11) is 0. The Kier molecular flexibility index (Phi) is 8.47. The Morgan fingerprint density at radius 3 is 2.42 bits per heavy atom. The summed E-state index contributed by atoms with van der Waals surface area (Å²) in [4.78, 5) is 50.4. The number of rotatable bonds is 4. The van der Waals surface area contributed by atoms with Gasteiger partial charge in [-0.3, -0.25) is 14.4 Å². The van der Waals surface area contributed by atoms with E-state index in [9.17, 15) is 19.2 Å². The monoisotopic (exact) mass is 501 g/mol. The van der Waals surface area contributed by atoms with Crippen molar-refractivity contribution in [1.29, 1.82) is 0 Å². The second-order valence-corrected chi connectivity index (χ2v) is 10.8. The van der Waals surface area contributed by atoms with E-state index in [1.165, 1.54) is 26.0 Å². The van der Waals surface area contributed by atoms with Gasteiger partial charge in [-0.1, -0.05) is 44.1 Å². The number of ether oxygens (including phenoxy) is 3. The molecule has 0 aromatic rings. The fraction of sp³-hybridized carbons (Fsp3) is 0.643. The van der Waals surface area contributed by atoms with Crippen molar-refractivity contribution in [1.82, 2.24) is 5.32 Å². The molecular formula is C28H39NO7. The van der Waals surface area contributed by atoms with E-state index in [1.54, 1.807) is 0 Å². The van der Waals surface area contributed by atoms with E-state index in [0.717, 1.165) is 17.6 Å². The Hall–Kier alpha value is -2.90. The van der Waals surface area contributed by atoms with Crippen molar-refractivity contribution in [2.24, 2.45) is 23.7 Å². The molecule has 36 heavy (non-hydrogen) atoms. The van der Waals surface area contributed by atoms with Crippen molar-refractivity contribution in [2.45, 2.75) is 91.6 Å². The first-order valence-corrected chi connectivity index (χ1v) is 12.8. The molecule has 1 spiro atoms. The molecule has 1 aliphatic carbocycles. The number of carbonyl (C=O) groups is 4. The van der Waals surface area contributed by atoms with Crippen LogP contribution in [-0.4, -0.2) is 47.7 Å². The molecule has 2 aliphatic heterocycles. The summed E-state index contributed by atoms with van der Waals surface area (Å²) < 4.78 is 16.9. The molecule has 7 atom stereocenters. The minimum absolute atomic E-state index is 0.0319. The molecule has 1 saturated heterocycles. The van der Waals surface area contributed by atoms with Gasteiger partial charge in [0.1, 0.15) is 6.10 Å². The molecule has 0 unspecified atom stereocenters. The van der Waals surface area contributed by atoms with Crippen LogP contribution in [0.25, 0.3) is 0 Å². The molecule has 1 amide bonds. The highest BCUT2D eigenvalue weighted by Gasteiger charge is 2.64. The number of carbonyl (C=O) groups excluding carboxylic acids is 4. The molecule has 0 radical (unpaired) electrons. The van der Waals surface area contributed by atoms with Gasteiger partial charge in [0.15, 0.2) is 6.10 Å². The van der Waals surface area contributed by atoms with Gasteiger partial charge in [-0.05, 0) is 51.0 Å². The molecule has 0 saturated carbocycles. The van der Waals surface area contributed by atoms with E-state index in [0.29, 0.717) is 18.8 Å². The molecule has 1 N–H and O–H groups in total. The maximum atomic E-state index is 13.7. The molecule has 0 bridgehead atoms. The highest BCUT2D eigenvalue weighted by atomic mass is 16.6. The maximum Gasteiger partial charge on any atom is 0.331 e. The molecule has 0 aromatic heterocycles. The van der Waals surface area contributed by atoms with Crippen molar-refractivity contribution >= 4 is 23.8 Å². The summed E-state index contributed by atoms with van der Waals surface area (Å²) in [5.41, 5.74) is 0.726. The van der Waals surface area contributed by atoms with E-state index in [4.69, 9.17) is 14.2 Å². The highest BCUT2D eigenvalue weighted by molar-refractivity contribution is 5.94. The fourth-order valence-electron chi connectivity index (χ4n) is 5.89. The van der Waals surface area contributed by atoms with E-state index in [-0.39, 0.29) is 23.8 Å². The van der Waals surface area contributed by atoms with Gasteiger partial charge in [0, 0.05) is 37.8 Å². The molecule has 198 valence electrons. The number of amides is 1. The van der Waals surface area contributed by atoms with E-state index < -0.39 is 41.6 Å². The summed E-state index contributed by atoms with van der Waals surface area (Å²) in [6.45, 7) is 12.8. The van der Waals surface area contributed by atoms with E-state index >= 15 is 0 Å². The van der Waals surface area contributed by atoms with Gasteiger partial charge >= 0.3 is 17.9 Å². The third-order valence-corrected chi connectivity index (χ3v) is 7.48. The molecule has 0 aromatic carbocycles. The lowest BCUT2D eigenvalue weighted by Crippen LogP contribution is -2.56. The van der Waals surface area contributed by atoms with Crippen molar-refractivity contribution in [3.05, 3.63) is 35.5 Å². The van der Waals surface area contributed by atoms with Crippen LogP contribution < -0.4 is 5.32 Å². The molecule has 8 heteroatoms. The van der Waals surface area contributed by atoms with Crippen LogP contribution in [0, 0.1) is 23.7 Å². The number of hydrogen-bond donors (Lipinski definition) is 1. The largest absolute Gasteiger partial charge is 0.458 e. The van der Waals surface area contributed by atoms with Gasteiger partial charge in [0.25, 0.3) is 5.91 Å². The topological polar surface area (TPSA) is 108 Å². The van der Waals surface area contributed by atoms with Gasteiger partial charge < -0.3 is 19.5 Å². The Morgan fingerprint density at radius 2 is 1.81 bits per heavy atom. The van der Waals surface area contributed by atoms with Crippen molar-refractivity contribution in [3.8, 4) is 0 Å². The number of hydrogen-bond acceptors (Lipinski definition) is 7. The second-order valence-electron chi connectivity index (χ2n) is 10.8. The van der Waals surface area contributed by atoms with Crippen LogP contribution >= 0.6 is 0 Å². The van der Waals surface area contributed by atoms with Crippen LogP contribution in [0.5, 0.6) is 0 Å². The standard InChI is InChI=1S/C28H39NO7/c1-15(2)12-22-26-18(5)17(4)14-21-13-16(3)8-9-23(34-19(6)30)24(35-20(7)31)10-11-25(32)36-28(21,26)27(33)29-22/h10-11,13-15,18,21-24,26H,8-9,12H2,1-7H3,(H,29,33)/b11-10+,16-13+/t18-,21-,22-,23-,24+,26-,28+/m0/s1. The molecule has 3 rings (SSSR count).